The summed E-state index contributed by atoms with van der Waals surface area (Å²) in [6.45, 7) is 0. The average Bonchev–Trinajstić information content (AvgIpc) is 2.94. The van der Waals surface area contributed by atoms with Crippen LogP contribution in [0, 0.1) is 11.6 Å². The second-order valence-electron chi connectivity index (χ2n) is 4.50. The molecule has 3 aromatic rings. The number of aromatic hydroxyl groups is 2. The quantitative estimate of drug-likeness (QED) is 0.716. The number of thiophene rings is 1. The summed E-state index contributed by atoms with van der Waals surface area (Å²) in [5.74, 6) is -2.79. The highest BCUT2D eigenvalue weighted by molar-refractivity contribution is 7.18. The summed E-state index contributed by atoms with van der Waals surface area (Å²) in [7, 11) is 0. The van der Waals surface area contributed by atoms with E-state index in [-0.39, 0.29) is 5.75 Å². The van der Waals surface area contributed by atoms with Gasteiger partial charge in [-0.2, -0.15) is 0 Å². The number of phenolic OH excluding ortho intramolecular Hbond substituents is 2. The number of phenols is 2. The van der Waals surface area contributed by atoms with Gasteiger partial charge in [-0.05, 0) is 47.5 Å². The molecule has 0 atom stereocenters. The molecular weight excluding hydrogens is 294 g/mol. The molecule has 0 unspecified atom stereocenters. The van der Waals surface area contributed by atoms with Crippen molar-refractivity contribution in [3.05, 3.63) is 60.2 Å². The fraction of sp³-hybridized carbons (Fsp3) is 0. The number of hydrogen-bond donors (Lipinski definition) is 2. The van der Waals surface area contributed by atoms with E-state index in [9.17, 15) is 13.9 Å². The molecule has 0 fully saturated rings. The summed E-state index contributed by atoms with van der Waals surface area (Å²) >= 11 is 1.34. The Hall–Kier alpha value is -2.40. The molecule has 106 valence electrons. The SMILES string of the molecule is Oc1cccc(-c2ccc(-c3cc(F)c(O)c(F)c3)s2)c1. The Morgan fingerprint density at radius 1 is 0.762 bits per heavy atom. The van der Waals surface area contributed by atoms with Gasteiger partial charge in [-0.3, -0.25) is 0 Å². The van der Waals surface area contributed by atoms with Crippen LogP contribution in [0.2, 0.25) is 0 Å². The molecule has 21 heavy (non-hydrogen) atoms. The van der Waals surface area contributed by atoms with E-state index >= 15 is 0 Å². The van der Waals surface area contributed by atoms with Crippen LogP contribution in [0.3, 0.4) is 0 Å². The summed E-state index contributed by atoms with van der Waals surface area (Å²) in [5.41, 5.74) is 1.19. The molecule has 0 aliphatic carbocycles. The first-order chi connectivity index (χ1) is 10.0. The van der Waals surface area contributed by atoms with Gasteiger partial charge >= 0.3 is 0 Å². The zero-order valence-corrected chi connectivity index (χ0v) is 11.5. The van der Waals surface area contributed by atoms with Gasteiger partial charge in [-0.15, -0.1) is 11.3 Å². The molecule has 0 aliphatic heterocycles. The number of benzene rings is 2. The van der Waals surface area contributed by atoms with Crippen molar-refractivity contribution in [3.63, 3.8) is 0 Å². The van der Waals surface area contributed by atoms with Gasteiger partial charge in [0, 0.05) is 9.75 Å². The lowest BCUT2D eigenvalue weighted by Crippen LogP contribution is -1.84. The molecule has 0 saturated heterocycles. The molecule has 0 amide bonds. The van der Waals surface area contributed by atoms with Crippen LogP contribution in [0.1, 0.15) is 0 Å². The third-order valence-electron chi connectivity index (χ3n) is 3.04. The van der Waals surface area contributed by atoms with E-state index in [1.54, 1.807) is 24.3 Å². The van der Waals surface area contributed by atoms with E-state index in [2.05, 4.69) is 0 Å². The number of rotatable bonds is 2. The highest BCUT2D eigenvalue weighted by atomic mass is 32.1. The van der Waals surface area contributed by atoms with Gasteiger partial charge < -0.3 is 10.2 Å². The molecule has 0 saturated carbocycles. The molecule has 1 aromatic heterocycles. The highest BCUT2D eigenvalue weighted by Gasteiger charge is 2.12. The van der Waals surface area contributed by atoms with Crippen LogP contribution in [0.25, 0.3) is 20.9 Å². The molecule has 5 heteroatoms. The van der Waals surface area contributed by atoms with E-state index in [4.69, 9.17) is 5.11 Å². The number of hydrogen-bond acceptors (Lipinski definition) is 3. The summed E-state index contributed by atoms with van der Waals surface area (Å²) in [6, 6.07) is 12.5. The molecule has 0 radical (unpaired) electrons. The molecule has 3 rings (SSSR count). The maximum atomic E-state index is 13.4. The molecule has 2 N–H and O–H groups in total. The lowest BCUT2D eigenvalue weighted by atomic mass is 10.1. The predicted molar refractivity (Wildman–Crippen MR) is 78.4 cm³/mol. The van der Waals surface area contributed by atoms with Crippen molar-refractivity contribution in [2.45, 2.75) is 0 Å². The van der Waals surface area contributed by atoms with Crippen LogP contribution in [-0.4, -0.2) is 10.2 Å². The maximum Gasteiger partial charge on any atom is 0.187 e. The first-order valence-electron chi connectivity index (χ1n) is 6.12. The zero-order valence-electron chi connectivity index (χ0n) is 10.7. The number of halogens is 2. The fourth-order valence-corrected chi connectivity index (χ4v) is 3.00. The van der Waals surface area contributed by atoms with Crippen LogP contribution in [0.4, 0.5) is 8.78 Å². The highest BCUT2D eigenvalue weighted by Crippen LogP contribution is 2.37. The third-order valence-corrected chi connectivity index (χ3v) is 4.22. The van der Waals surface area contributed by atoms with Crippen molar-refractivity contribution in [3.8, 4) is 32.4 Å². The predicted octanol–water partition coefficient (Wildman–Crippen LogP) is 4.77. The molecule has 0 bridgehead atoms. The Bertz CT molecular complexity index is 789. The van der Waals surface area contributed by atoms with Gasteiger partial charge in [0.1, 0.15) is 5.75 Å². The van der Waals surface area contributed by atoms with Crippen molar-refractivity contribution >= 4 is 11.3 Å². The second kappa shape index (κ2) is 5.18. The van der Waals surface area contributed by atoms with Crippen molar-refractivity contribution in [1.82, 2.24) is 0 Å². The van der Waals surface area contributed by atoms with Gasteiger partial charge in [0.25, 0.3) is 0 Å². The summed E-state index contributed by atoms with van der Waals surface area (Å²) in [5, 5.41) is 18.6. The summed E-state index contributed by atoms with van der Waals surface area (Å²) in [6.07, 6.45) is 0. The molecular formula is C16H10F2O2S. The maximum absolute atomic E-state index is 13.4. The lowest BCUT2D eigenvalue weighted by Gasteiger charge is -2.02. The van der Waals surface area contributed by atoms with Crippen LogP contribution in [-0.2, 0) is 0 Å². The van der Waals surface area contributed by atoms with Crippen LogP contribution >= 0.6 is 11.3 Å². The van der Waals surface area contributed by atoms with Crippen molar-refractivity contribution < 1.29 is 19.0 Å². The van der Waals surface area contributed by atoms with E-state index < -0.39 is 17.4 Å². The normalized spacial score (nSPS) is 10.8. The van der Waals surface area contributed by atoms with Crippen LogP contribution in [0.5, 0.6) is 11.5 Å². The average molecular weight is 304 g/mol. The molecule has 1 heterocycles. The van der Waals surface area contributed by atoms with Gasteiger partial charge in [0.2, 0.25) is 0 Å². The summed E-state index contributed by atoms with van der Waals surface area (Å²) in [4.78, 5) is 1.54. The fourth-order valence-electron chi connectivity index (χ4n) is 2.02. The topological polar surface area (TPSA) is 40.5 Å². The van der Waals surface area contributed by atoms with Crippen LogP contribution in [0.15, 0.2) is 48.5 Å². The minimum atomic E-state index is -0.989. The minimum Gasteiger partial charge on any atom is -0.508 e. The lowest BCUT2D eigenvalue weighted by molar-refractivity contribution is 0.396. The van der Waals surface area contributed by atoms with E-state index in [1.807, 2.05) is 12.1 Å². The molecule has 0 spiro atoms. The van der Waals surface area contributed by atoms with E-state index in [1.165, 1.54) is 11.3 Å². The van der Waals surface area contributed by atoms with E-state index in [0.29, 0.717) is 10.4 Å². The monoisotopic (exact) mass is 304 g/mol. The van der Waals surface area contributed by atoms with Crippen molar-refractivity contribution in [2.24, 2.45) is 0 Å². The zero-order chi connectivity index (χ0) is 15.0. The van der Waals surface area contributed by atoms with Crippen molar-refractivity contribution in [1.29, 1.82) is 0 Å². The molecule has 2 nitrogen and oxygen atoms in total. The summed E-state index contributed by atoms with van der Waals surface area (Å²) < 4.78 is 26.8. The largest absolute Gasteiger partial charge is 0.508 e. The first kappa shape index (κ1) is 13.6. The van der Waals surface area contributed by atoms with Gasteiger partial charge in [-0.1, -0.05) is 12.1 Å². The van der Waals surface area contributed by atoms with E-state index in [0.717, 1.165) is 22.6 Å². The minimum absolute atomic E-state index is 0.157. The Labute approximate surface area is 123 Å². The van der Waals surface area contributed by atoms with Gasteiger partial charge in [0.15, 0.2) is 17.4 Å². The molecule has 0 aliphatic rings. The Kier molecular flexibility index (Phi) is 3.35. The second-order valence-corrected chi connectivity index (χ2v) is 5.59. The standard InChI is InChI=1S/C16H10F2O2S/c17-12-7-10(8-13(18)16(12)20)15-5-4-14(21-15)9-2-1-3-11(19)6-9/h1-8,19-20H. The Morgan fingerprint density at radius 3 is 2.00 bits per heavy atom. The Morgan fingerprint density at radius 2 is 1.38 bits per heavy atom. The first-order valence-corrected chi connectivity index (χ1v) is 6.94. The van der Waals surface area contributed by atoms with Gasteiger partial charge in [0.05, 0.1) is 0 Å². The molecule has 2 aromatic carbocycles. The Balaban J connectivity index is 2.02. The smallest absolute Gasteiger partial charge is 0.187 e. The van der Waals surface area contributed by atoms with Crippen molar-refractivity contribution in [2.75, 3.05) is 0 Å². The van der Waals surface area contributed by atoms with Crippen LogP contribution < -0.4 is 0 Å². The van der Waals surface area contributed by atoms with Gasteiger partial charge in [-0.25, -0.2) is 8.78 Å². The third kappa shape index (κ3) is 2.60.